The van der Waals surface area contributed by atoms with Crippen LogP contribution in [0.15, 0.2) is 46.2 Å². The number of nitrogens with zero attached hydrogens (tertiary/aromatic N) is 5. The van der Waals surface area contributed by atoms with Crippen LogP contribution in [0.5, 0.6) is 0 Å². The summed E-state index contributed by atoms with van der Waals surface area (Å²) >= 11 is 0. The van der Waals surface area contributed by atoms with Crippen molar-refractivity contribution in [2.24, 2.45) is 14.1 Å². The lowest BCUT2D eigenvalue weighted by atomic mass is 10.2. The first kappa shape index (κ1) is 22.0. The molecule has 0 N–H and O–H groups in total. The van der Waals surface area contributed by atoms with Crippen molar-refractivity contribution in [2.45, 2.75) is 32.5 Å². The molecule has 0 bridgehead atoms. The largest absolute Gasteiger partial charge is 0.452 e. The molecule has 0 saturated heterocycles. The lowest BCUT2D eigenvalue weighted by Crippen LogP contribution is -2.38. The highest BCUT2D eigenvalue weighted by Gasteiger charge is 2.22. The van der Waals surface area contributed by atoms with E-state index in [1.165, 1.54) is 41.4 Å². The minimum absolute atomic E-state index is 0.0581. The van der Waals surface area contributed by atoms with Gasteiger partial charge in [-0.15, -0.1) is 0 Å². The van der Waals surface area contributed by atoms with Gasteiger partial charge in [0.15, 0.2) is 17.3 Å². The summed E-state index contributed by atoms with van der Waals surface area (Å²) in [5.74, 6) is -0.883. The van der Waals surface area contributed by atoms with Gasteiger partial charge in [0.25, 0.3) is 11.5 Å². The molecule has 10 nitrogen and oxygen atoms in total. The van der Waals surface area contributed by atoms with E-state index in [-0.39, 0.29) is 30.0 Å². The predicted molar refractivity (Wildman–Crippen MR) is 113 cm³/mol. The monoisotopic (exact) mass is 427 g/mol. The molecule has 0 spiro atoms. The third-order valence-electron chi connectivity index (χ3n) is 5.07. The fourth-order valence-corrected chi connectivity index (χ4v) is 3.33. The van der Waals surface area contributed by atoms with Gasteiger partial charge in [0.2, 0.25) is 0 Å². The SMILES string of the molecule is CC(OC(=O)CCn1cnc2c1c(=O)n(C)c(=O)n2C)C(=O)N(C)Cc1ccccc1. The molecule has 0 fully saturated rings. The van der Waals surface area contributed by atoms with Crippen molar-refractivity contribution >= 4 is 23.0 Å². The van der Waals surface area contributed by atoms with Crippen LogP contribution in [-0.2, 0) is 41.5 Å². The fourth-order valence-electron chi connectivity index (χ4n) is 3.33. The van der Waals surface area contributed by atoms with Crippen LogP contribution in [0.4, 0.5) is 0 Å². The Balaban J connectivity index is 1.62. The lowest BCUT2D eigenvalue weighted by Gasteiger charge is -2.21. The number of likely N-dealkylation sites (N-methyl/N-ethyl adjacent to an activating group) is 1. The molecule has 1 unspecified atom stereocenters. The van der Waals surface area contributed by atoms with Crippen LogP contribution in [-0.4, -0.2) is 48.6 Å². The summed E-state index contributed by atoms with van der Waals surface area (Å²) in [7, 11) is 4.56. The number of imidazole rings is 1. The van der Waals surface area contributed by atoms with Crippen LogP contribution in [0.1, 0.15) is 18.9 Å². The zero-order chi connectivity index (χ0) is 22.7. The molecule has 0 aliphatic heterocycles. The molecule has 1 atom stereocenters. The Kier molecular flexibility index (Phi) is 6.38. The summed E-state index contributed by atoms with van der Waals surface area (Å²) < 4.78 is 9.04. The minimum atomic E-state index is -0.936. The molecule has 2 aromatic heterocycles. The van der Waals surface area contributed by atoms with Gasteiger partial charge in [-0.05, 0) is 12.5 Å². The third-order valence-corrected chi connectivity index (χ3v) is 5.07. The highest BCUT2D eigenvalue weighted by Crippen LogP contribution is 2.09. The number of amides is 1. The Labute approximate surface area is 178 Å². The van der Waals surface area contributed by atoms with Crippen LogP contribution in [0, 0.1) is 0 Å². The summed E-state index contributed by atoms with van der Waals surface area (Å²) in [5.41, 5.74) is 0.473. The number of carbonyl (C=O) groups excluding carboxylic acids is 2. The first-order valence-corrected chi connectivity index (χ1v) is 9.80. The number of fused-ring (bicyclic) bond motifs is 1. The quantitative estimate of drug-likeness (QED) is 0.506. The normalized spacial score (nSPS) is 12.0. The second-order valence-corrected chi connectivity index (χ2v) is 7.38. The lowest BCUT2D eigenvalue weighted by molar-refractivity contribution is -0.158. The number of aryl methyl sites for hydroxylation is 2. The summed E-state index contributed by atoms with van der Waals surface area (Å²) in [5, 5.41) is 0. The molecule has 10 heteroatoms. The number of hydrogen-bond donors (Lipinski definition) is 0. The maximum absolute atomic E-state index is 12.5. The second kappa shape index (κ2) is 8.99. The zero-order valence-electron chi connectivity index (χ0n) is 17.9. The number of benzene rings is 1. The molecule has 31 heavy (non-hydrogen) atoms. The number of rotatable bonds is 7. The Morgan fingerprint density at radius 3 is 2.48 bits per heavy atom. The number of carbonyl (C=O) groups is 2. The molecular weight excluding hydrogens is 402 g/mol. The molecule has 0 radical (unpaired) electrons. The van der Waals surface area contributed by atoms with Gasteiger partial charge in [0.05, 0.1) is 12.7 Å². The molecule has 1 aromatic carbocycles. The molecule has 3 aromatic rings. The van der Waals surface area contributed by atoms with Crippen molar-refractivity contribution in [1.82, 2.24) is 23.6 Å². The van der Waals surface area contributed by atoms with E-state index in [9.17, 15) is 19.2 Å². The van der Waals surface area contributed by atoms with E-state index in [0.717, 1.165) is 10.1 Å². The third kappa shape index (κ3) is 4.57. The van der Waals surface area contributed by atoms with E-state index in [2.05, 4.69) is 4.98 Å². The maximum atomic E-state index is 12.5. The topological polar surface area (TPSA) is 108 Å². The summed E-state index contributed by atoms with van der Waals surface area (Å²) in [4.78, 5) is 54.8. The van der Waals surface area contributed by atoms with Crippen molar-refractivity contribution in [3.63, 3.8) is 0 Å². The molecule has 0 aliphatic rings. The number of ether oxygens (including phenoxy) is 1. The second-order valence-electron chi connectivity index (χ2n) is 7.38. The highest BCUT2D eigenvalue weighted by atomic mass is 16.5. The molecule has 0 saturated carbocycles. The van der Waals surface area contributed by atoms with Gasteiger partial charge in [0, 0.05) is 34.2 Å². The summed E-state index contributed by atoms with van der Waals surface area (Å²) in [6.45, 7) is 2.06. The molecule has 2 heterocycles. The minimum Gasteiger partial charge on any atom is -0.452 e. The van der Waals surface area contributed by atoms with Gasteiger partial charge in [-0.3, -0.25) is 23.5 Å². The van der Waals surface area contributed by atoms with Crippen LogP contribution in [0.25, 0.3) is 11.2 Å². The summed E-state index contributed by atoms with van der Waals surface area (Å²) in [6, 6.07) is 9.50. The van der Waals surface area contributed by atoms with Crippen molar-refractivity contribution < 1.29 is 14.3 Å². The van der Waals surface area contributed by atoms with E-state index in [4.69, 9.17) is 4.74 Å². The average molecular weight is 427 g/mol. The molecule has 3 rings (SSSR count). The Bertz CT molecular complexity index is 1220. The zero-order valence-corrected chi connectivity index (χ0v) is 17.9. The molecule has 0 aliphatic carbocycles. The van der Waals surface area contributed by atoms with Gasteiger partial charge in [-0.1, -0.05) is 30.3 Å². The Hall–Kier alpha value is -3.69. The number of aromatic nitrogens is 4. The standard InChI is InChI=1S/C21H25N5O5/c1-14(19(28)23(2)12-15-8-6-5-7-9-15)31-16(27)10-11-26-13-22-18-17(26)20(29)25(4)21(30)24(18)3/h5-9,13-14H,10-12H2,1-4H3. The van der Waals surface area contributed by atoms with Gasteiger partial charge < -0.3 is 14.2 Å². The van der Waals surface area contributed by atoms with Crippen molar-refractivity contribution in [2.75, 3.05) is 7.05 Å². The van der Waals surface area contributed by atoms with Crippen molar-refractivity contribution in [3.8, 4) is 0 Å². The molecule has 1 amide bonds. The first-order valence-electron chi connectivity index (χ1n) is 9.80. The average Bonchev–Trinajstić information content (AvgIpc) is 3.19. The van der Waals surface area contributed by atoms with Gasteiger partial charge >= 0.3 is 11.7 Å². The highest BCUT2D eigenvalue weighted by molar-refractivity contribution is 5.83. The Morgan fingerprint density at radius 2 is 1.81 bits per heavy atom. The van der Waals surface area contributed by atoms with E-state index >= 15 is 0 Å². The first-order chi connectivity index (χ1) is 14.7. The Morgan fingerprint density at radius 1 is 1.13 bits per heavy atom. The van der Waals surface area contributed by atoms with Crippen LogP contribution < -0.4 is 11.2 Å². The van der Waals surface area contributed by atoms with E-state index in [0.29, 0.717) is 6.54 Å². The van der Waals surface area contributed by atoms with Gasteiger partial charge in [0.1, 0.15) is 0 Å². The van der Waals surface area contributed by atoms with Crippen molar-refractivity contribution in [1.29, 1.82) is 0 Å². The van der Waals surface area contributed by atoms with Crippen LogP contribution >= 0.6 is 0 Å². The fraction of sp³-hybridized carbons (Fsp3) is 0.381. The van der Waals surface area contributed by atoms with Crippen LogP contribution in [0.2, 0.25) is 0 Å². The van der Waals surface area contributed by atoms with E-state index in [1.807, 2.05) is 30.3 Å². The predicted octanol–water partition coefficient (Wildman–Crippen LogP) is 0.414. The number of esters is 1. The molecular formula is C21H25N5O5. The number of hydrogen-bond acceptors (Lipinski definition) is 6. The summed E-state index contributed by atoms with van der Waals surface area (Å²) in [6.07, 6.45) is 0.410. The van der Waals surface area contributed by atoms with Gasteiger partial charge in [-0.25, -0.2) is 9.78 Å². The van der Waals surface area contributed by atoms with Crippen LogP contribution in [0.3, 0.4) is 0 Å². The van der Waals surface area contributed by atoms with Gasteiger partial charge in [-0.2, -0.15) is 0 Å². The molecule has 164 valence electrons. The van der Waals surface area contributed by atoms with E-state index in [1.54, 1.807) is 7.05 Å². The smallest absolute Gasteiger partial charge is 0.332 e. The maximum Gasteiger partial charge on any atom is 0.332 e. The van der Waals surface area contributed by atoms with Crippen molar-refractivity contribution in [3.05, 3.63) is 63.1 Å². The van der Waals surface area contributed by atoms with E-state index < -0.39 is 23.3 Å².